The normalized spacial score (nSPS) is 12.4. The molecule has 0 spiro atoms. The molecule has 2 rings (SSSR count). The van der Waals surface area contributed by atoms with Gasteiger partial charge in [-0.25, -0.2) is 4.39 Å². The van der Waals surface area contributed by atoms with Gasteiger partial charge in [0.25, 0.3) is 5.89 Å². The molecule has 96 valence electrons. The fourth-order valence-electron chi connectivity index (χ4n) is 1.44. The summed E-state index contributed by atoms with van der Waals surface area (Å²) in [5.41, 5.74) is 0.269. The number of hydrogen-bond acceptors (Lipinski definition) is 4. The van der Waals surface area contributed by atoms with Crippen molar-refractivity contribution in [1.82, 2.24) is 10.2 Å². The van der Waals surface area contributed by atoms with Crippen molar-refractivity contribution in [3.63, 3.8) is 0 Å². The van der Waals surface area contributed by atoms with Crippen molar-refractivity contribution in [1.29, 1.82) is 0 Å². The fraction of sp³-hybridized carbons (Fsp3) is 0.333. The Labute approximate surface area is 112 Å². The number of ether oxygens (including phenoxy) is 1. The first kappa shape index (κ1) is 13.0. The van der Waals surface area contributed by atoms with Crippen LogP contribution in [0.2, 0.25) is 0 Å². The van der Waals surface area contributed by atoms with Gasteiger partial charge in [-0.2, -0.15) is 0 Å². The average molecular weight is 315 g/mol. The van der Waals surface area contributed by atoms with Gasteiger partial charge >= 0.3 is 0 Å². The number of nitrogens with zero attached hydrogens (tertiary/aromatic N) is 2. The molecule has 4 nitrogen and oxygen atoms in total. The number of alkyl halides is 1. The zero-order valence-corrected chi connectivity index (χ0v) is 11.6. The molecule has 0 aliphatic carbocycles. The Morgan fingerprint density at radius 1 is 1.44 bits per heavy atom. The zero-order valence-electron chi connectivity index (χ0n) is 9.98. The SMILES string of the molecule is CCC(Br)c1nnc(-c2ccc(OC)cc2F)o1. The third kappa shape index (κ3) is 2.53. The Bertz CT molecular complexity index is 545. The van der Waals surface area contributed by atoms with Crippen molar-refractivity contribution in [3.05, 3.63) is 29.9 Å². The molecule has 18 heavy (non-hydrogen) atoms. The predicted octanol–water partition coefficient (Wildman–Crippen LogP) is 3.73. The van der Waals surface area contributed by atoms with Crippen LogP contribution >= 0.6 is 15.9 Å². The second-order valence-electron chi connectivity index (χ2n) is 3.67. The average Bonchev–Trinajstić information content (AvgIpc) is 2.87. The van der Waals surface area contributed by atoms with Crippen LogP contribution in [0.3, 0.4) is 0 Å². The molecule has 0 saturated heterocycles. The van der Waals surface area contributed by atoms with Crippen LogP contribution in [0.15, 0.2) is 22.6 Å². The van der Waals surface area contributed by atoms with E-state index in [-0.39, 0.29) is 16.3 Å². The van der Waals surface area contributed by atoms with Crippen LogP contribution in [-0.2, 0) is 0 Å². The number of halogens is 2. The van der Waals surface area contributed by atoms with Gasteiger partial charge in [-0.1, -0.05) is 22.9 Å². The van der Waals surface area contributed by atoms with Crippen LogP contribution in [0, 0.1) is 5.82 Å². The molecular weight excluding hydrogens is 303 g/mol. The van der Waals surface area contributed by atoms with Crippen LogP contribution in [-0.4, -0.2) is 17.3 Å². The lowest BCUT2D eigenvalue weighted by Gasteiger charge is -2.02. The molecule has 2 aromatic rings. The summed E-state index contributed by atoms with van der Waals surface area (Å²) < 4.78 is 24.2. The second-order valence-corrected chi connectivity index (χ2v) is 4.77. The Morgan fingerprint density at radius 2 is 2.22 bits per heavy atom. The maximum absolute atomic E-state index is 13.8. The zero-order chi connectivity index (χ0) is 13.1. The lowest BCUT2D eigenvalue weighted by molar-refractivity contribution is 0.411. The van der Waals surface area contributed by atoms with E-state index in [0.29, 0.717) is 11.6 Å². The molecule has 0 aliphatic heterocycles. The fourth-order valence-corrected chi connectivity index (χ4v) is 1.63. The largest absolute Gasteiger partial charge is 0.497 e. The van der Waals surface area contributed by atoms with E-state index in [9.17, 15) is 4.39 Å². The van der Waals surface area contributed by atoms with Crippen molar-refractivity contribution in [2.75, 3.05) is 7.11 Å². The Hall–Kier alpha value is -1.43. The molecule has 0 radical (unpaired) electrons. The van der Waals surface area contributed by atoms with Crippen molar-refractivity contribution in [3.8, 4) is 17.2 Å². The summed E-state index contributed by atoms with van der Waals surface area (Å²) in [4.78, 5) is -0.0138. The summed E-state index contributed by atoms with van der Waals surface area (Å²) in [6.07, 6.45) is 0.812. The molecule has 1 atom stereocenters. The van der Waals surface area contributed by atoms with Crippen molar-refractivity contribution >= 4 is 15.9 Å². The summed E-state index contributed by atoms with van der Waals surface area (Å²) in [6, 6.07) is 4.49. The van der Waals surface area contributed by atoms with Crippen LogP contribution < -0.4 is 4.74 Å². The maximum Gasteiger partial charge on any atom is 0.250 e. The smallest absolute Gasteiger partial charge is 0.250 e. The van der Waals surface area contributed by atoms with Gasteiger partial charge in [0.15, 0.2) is 0 Å². The summed E-state index contributed by atoms with van der Waals surface area (Å²) in [5, 5.41) is 7.73. The van der Waals surface area contributed by atoms with E-state index in [1.54, 1.807) is 12.1 Å². The number of hydrogen-bond donors (Lipinski definition) is 0. The van der Waals surface area contributed by atoms with Gasteiger partial charge in [0.1, 0.15) is 11.6 Å². The van der Waals surface area contributed by atoms with Crippen LogP contribution in [0.5, 0.6) is 5.75 Å². The Balaban J connectivity index is 2.34. The minimum atomic E-state index is -0.452. The highest BCUT2D eigenvalue weighted by Gasteiger charge is 2.17. The maximum atomic E-state index is 13.8. The van der Waals surface area contributed by atoms with Crippen molar-refractivity contribution in [2.45, 2.75) is 18.2 Å². The Kier molecular flexibility index (Phi) is 3.96. The van der Waals surface area contributed by atoms with E-state index >= 15 is 0 Å². The molecule has 1 heterocycles. The topological polar surface area (TPSA) is 48.2 Å². The molecule has 0 N–H and O–H groups in total. The summed E-state index contributed by atoms with van der Waals surface area (Å²) in [5.74, 6) is 0.612. The molecule has 1 aromatic heterocycles. The molecule has 0 fully saturated rings. The predicted molar refractivity (Wildman–Crippen MR) is 68.2 cm³/mol. The second kappa shape index (κ2) is 5.48. The molecule has 1 unspecified atom stereocenters. The number of methoxy groups -OCH3 is 1. The van der Waals surface area contributed by atoms with Crippen molar-refractivity contribution < 1.29 is 13.5 Å². The molecular formula is C12H12BrFN2O2. The number of aromatic nitrogens is 2. The minimum Gasteiger partial charge on any atom is -0.497 e. The van der Waals surface area contributed by atoms with E-state index in [1.165, 1.54) is 13.2 Å². The van der Waals surface area contributed by atoms with Gasteiger partial charge in [-0.3, -0.25) is 0 Å². The van der Waals surface area contributed by atoms with E-state index < -0.39 is 5.82 Å². The molecule has 0 bridgehead atoms. The first-order chi connectivity index (χ1) is 8.65. The minimum absolute atomic E-state index is 0.0138. The highest BCUT2D eigenvalue weighted by molar-refractivity contribution is 9.09. The molecule has 0 aliphatic rings. The van der Waals surface area contributed by atoms with Crippen LogP contribution in [0.25, 0.3) is 11.5 Å². The van der Waals surface area contributed by atoms with E-state index in [0.717, 1.165) is 6.42 Å². The van der Waals surface area contributed by atoms with Gasteiger partial charge < -0.3 is 9.15 Å². The monoisotopic (exact) mass is 314 g/mol. The summed E-state index contributed by atoms with van der Waals surface area (Å²) in [6.45, 7) is 1.98. The summed E-state index contributed by atoms with van der Waals surface area (Å²) in [7, 11) is 1.48. The molecule has 6 heteroatoms. The van der Waals surface area contributed by atoms with Gasteiger partial charge in [0.05, 0.1) is 17.5 Å². The van der Waals surface area contributed by atoms with Crippen LogP contribution in [0.4, 0.5) is 4.39 Å². The highest BCUT2D eigenvalue weighted by Crippen LogP contribution is 2.29. The molecule has 0 saturated carbocycles. The number of benzene rings is 1. The third-order valence-electron chi connectivity index (χ3n) is 2.47. The standard InChI is InChI=1S/C12H12BrFN2O2/c1-3-9(13)12-16-15-11(18-12)8-5-4-7(17-2)6-10(8)14/h4-6,9H,3H2,1-2H3. The van der Waals surface area contributed by atoms with Gasteiger partial charge in [-0.15, -0.1) is 10.2 Å². The van der Waals surface area contributed by atoms with E-state index in [2.05, 4.69) is 26.1 Å². The lowest BCUT2D eigenvalue weighted by Crippen LogP contribution is -1.88. The van der Waals surface area contributed by atoms with Gasteiger partial charge in [-0.05, 0) is 18.6 Å². The van der Waals surface area contributed by atoms with Gasteiger partial charge in [0.2, 0.25) is 5.89 Å². The van der Waals surface area contributed by atoms with E-state index in [4.69, 9.17) is 9.15 Å². The molecule has 1 aromatic carbocycles. The lowest BCUT2D eigenvalue weighted by atomic mass is 10.2. The van der Waals surface area contributed by atoms with Crippen LogP contribution in [0.1, 0.15) is 24.1 Å². The van der Waals surface area contributed by atoms with Gasteiger partial charge in [0, 0.05) is 6.07 Å². The van der Waals surface area contributed by atoms with Crippen molar-refractivity contribution in [2.24, 2.45) is 0 Å². The Morgan fingerprint density at radius 3 is 2.83 bits per heavy atom. The first-order valence-electron chi connectivity index (χ1n) is 5.47. The molecule has 0 amide bonds. The third-order valence-corrected chi connectivity index (χ3v) is 3.51. The number of rotatable bonds is 4. The van der Waals surface area contributed by atoms with E-state index in [1.807, 2.05) is 6.92 Å². The highest BCUT2D eigenvalue weighted by atomic mass is 79.9. The quantitative estimate of drug-likeness (QED) is 0.807. The first-order valence-corrected chi connectivity index (χ1v) is 6.38. The summed E-state index contributed by atoms with van der Waals surface area (Å²) >= 11 is 3.40.